The summed E-state index contributed by atoms with van der Waals surface area (Å²) in [4.78, 5) is 20.9. The lowest BCUT2D eigenvalue weighted by Crippen LogP contribution is -2.06. The Hall–Kier alpha value is -2.24. The number of carbonyl (C=O) groups is 2. The van der Waals surface area contributed by atoms with E-state index in [-0.39, 0.29) is 13.2 Å². The summed E-state index contributed by atoms with van der Waals surface area (Å²) >= 11 is 12.3. The van der Waals surface area contributed by atoms with Crippen LogP contribution in [0.2, 0.25) is 10.0 Å². The van der Waals surface area contributed by atoms with Gasteiger partial charge >= 0.3 is 0 Å². The van der Waals surface area contributed by atoms with E-state index in [0.717, 1.165) is 11.1 Å². The van der Waals surface area contributed by atoms with Crippen molar-refractivity contribution in [1.29, 1.82) is 0 Å². The molecular weight excluding hydrogens is 355 g/mol. The van der Waals surface area contributed by atoms with E-state index < -0.39 is 0 Å². The van der Waals surface area contributed by atoms with E-state index in [1.807, 2.05) is 0 Å². The molecule has 0 saturated heterocycles. The van der Waals surface area contributed by atoms with Crippen LogP contribution < -0.4 is 14.2 Å². The molecule has 1 aliphatic heterocycles. The molecule has 0 bridgehead atoms. The van der Waals surface area contributed by atoms with E-state index in [9.17, 15) is 9.59 Å². The zero-order valence-corrected chi connectivity index (χ0v) is 13.9. The number of fused-ring (bicyclic) bond motifs is 2. The number of hydrogen-bond donors (Lipinski definition) is 0. The fraction of sp³-hybridized carbons (Fsp3) is 0.176. The summed E-state index contributed by atoms with van der Waals surface area (Å²) in [6.45, 7) is -0.178. The predicted octanol–water partition coefficient (Wildman–Crippen LogP) is 3.85. The maximum absolute atomic E-state index is 10.4. The Kier molecular flexibility index (Phi) is 4.92. The predicted molar refractivity (Wildman–Crippen MR) is 88.9 cm³/mol. The first-order chi connectivity index (χ1) is 11.6. The summed E-state index contributed by atoms with van der Waals surface area (Å²) in [5, 5.41) is 0.805. The lowest BCUT2D eigenvalue weighted by Gasteiger charge is -2.22. The Morgan fingerprint density at radius 3 is 1.75 bits per heavy atom. The fourth-order valence-electron chi connectivity index (χ4n) is 2.41. The third-order valence-electron chi connectivity index (χ3n) is 3.44. The SMILES string of the molecule is O=CCOc1cc2c(cc1Cl)Cc1cc(Cl)c(OCC=O)cc1O2. The van der Waals surface area contributed by atoms with Crippen LogP contribution in [-0.2, 0) is 16.0 Å². The van der Waals surface area contributed by atoms with Crippen molar-refractivity contribution in [2.75, 3.05) is 13.2 Å². The Morgan fingerprint density at radius 1 is 0.875 bits per heavy atom. The van der Waals surface area contributed by atoms with Gasteiger partial charge in [0.2, 0.25) is 0 Å². The molecule has 2 aromatic carbocycles. The van der Waals surface area contributed by atoms with E-state index in [4.69, 9.17) is 37.4 Å². The molecule has 0 N–H and O–H groups in total. The van der Waals surface area contributed by atoms with Crippen LogP contribution in [0, 0.1) is 0 Å². The molecule has 5 nitrogen and oxygen atoms in total. The number of aldehydes is 2. The van der Waals surface area contributed by atoms with Crippen LogP contribution in [0.25, 0.3) is 0 Å². The molecule has 0 radical (unpaired) electrons. The first-order valence-corrected chi connectivity index (χ1v) is 7.83. The molecule has 0 fully saturated rings. The average Bonchev–Trinajstić information content (AvgIpc) is 2.57. The van der Waals surface area contributed by atoms with Crippen LogP contribution in [0.1, 0.15) is 11.1 Å². The summed E-state index contributed by atoms with van der Waals surface area (Å²) in [5.41, 5.74) is 1.76. The standard InChI is InChI=1S/C17H12Cl2O5/c18-12-6-10-5-11-7-13(19)17(23-4-2-21)9-15(11)24-14(10)8-16(12)22-3-1-20/h1-2,6-9H,3-5H2. The first-order valence-electron chi connectivity index (χ1n) is 7.08. The second-order valence-electron chi connectivity index (χ2n) is 5.01. The van der Waals surface area contributed by atoms with Gasteiger partial charge in [0, 0.05) is 29.7 Å². The molecule has 24 heavy (non-hydrogen) atoms. The van der Waals surface area contributed by atoms with Gasteiger partial charge in [-0.15, -0.1) is 0 Å². The van der Waals surface area contributed by atoms with Gasteiger partial charge in [0.05, 0.1) is 10.0 Å². The maximum atomic E-state index is 10.4. The second-order valence-corrected chi connectivity index (χ2v) is 5.83. The maximum Gasteiger partial charge on any atom is 0.157 e. The van der Waals surface area contributed by atoms with Crippen molar-refractivity contribution in [2.24, 2.45) is 0 Å². The van der Waals surface area contributed by atoms with Gasteiger partial charge in [-0.2, -0.15) is 0 Å². The topological polar surface area (TPSA) is 61.8 Å². The van der Waals surface area contributed by atoms with Crippen molar-refractivity contribution in [3.63, 3.8) is 0 Å². The van der Waals surface area contributed by atoms with Crippen LogP contribution in [0.3, 0.4) is 0 Å². The highest BCUT2D eigenvalue weighted by molar-refractivity contribution is 6.32. The molecule has 1 heterocycles. The highest BCUT2D eigenvalue weighted by Gasteiger charge is 2.21. The normalized spacial score (nSPS) is 11.8. The van der Waals surface area contributed by atoms with E-state index >= 15 is 0 Å². The van der Waals surface area contributed by atoms with Gasteiger partial charge in [-0.3, -0.25) is 9.59 Å². The van der Waals surface area contributed by atoms with Gasteiger partial charge in [0.15, 0.2) is 12.6 Å². The summed E-state index contributed by atoms with van der Waals surface area (Å²) in [5.74, 6) is 1.91. The van der Waals surface area contributed by atoms with Gasteiger partial charge in [-0.25, -0.2) is 0 Å². The largest absolute Gasteiger partial charge is 0.484 e. The molecular formula is C17H12Cl2O5. The molecule has 0 unspecified atom stereocenters. The molecule has 0 amide bonds. The van der Waals surface area contributed by atoms with Gasteiger partial charge in [0.25, 0.3) is 0 Å². The highest BCUT2D eigenvalue weighted by atomic mass is 35.5. The van der Waals surface area contributed by atoms with Gasteiger partial charge < -0.3 is 14.2 Å². The molecule has 124 valence electrons. The minimum Gasteiger partial charge on any atom is -0.484 e. The Bertz CT molecular complexity index is 739. The third kappa shape index (κ3) is 3.32. The summed E-state index contributed by atoms with van der Waals surface area (Å²) in [6.07, 6.45) is 1.86. The molecule has 0 atom stereocenters. The minimum atomic E-state index is -0.0889. The zero-order valence-electron chi connectivity index (χ0n) is 12.4. The molecule has 0 saturated carbocycles. The highest BCUT2D eigenvalue weighted by Crippen LogP contribution is 2.44. The number of hydrogen-bond acceptors (Lipinski definition) is 5. The summed E-state index contributed by atoms with van der Waals surface area (Å²) in [7, 11) is 0. The van der Waals surface area contributed by atoms with Crippen LogP contribution in [0.4, 0.5) is 0 Å². The lowest BCUT2D eigenvalue weighted by atomic mass is 10.00. The van der Waals surface area contributed by atoms with Crippen molar-refractivity contribution in [3.8, 4) is 23.0 Å². The van der Waals surface area contributed by atoms with Crippen LogP contribution in [0.15, 0.2) is 24.3 Å². The number of halogens is 2. The Balaban J connectivity index is 1.92. The van der Waals surface area contributed by atoms with E-state index in [1.54, 1.807) is 24.3 Å². The van der Waals surface area contributed by atoms with Crippen molar-refractivity contribution in [1.82, 2.24) is 0 Å². The zero-order chi connectivity index (χ0) is 17.1. The number of rotatable bonds is 6. The molecule has 3 rings (SSSR count). The monoisotopic (exact) mass is 366 g/mol. The first kappa shape index (κ1) is 16.6. The third-order valence-corrected chi connectivity index (χ3v) is 4.04. The minimum absolute atomic E-state index is 0.0889. The fourth-order valence-corrected chi connectivity index (χ4v) is 2.89. The Labute approximate surface area is 148 Å². The van der Waals surface area contributed by atoms with Crippen molar-refractivity contribution in [2.45, 2.75) is 6.42 Å². The summed E-state index contributed by atoms with van der Waals surface area (Å²) in [6, 6.07) is 6.77. The van der Waals surface area contributed by atoms with Crippen LogP contribution >= 0.6 is 23.2 Å². The smallest absolute Gasteiger partial charge is 0.157 e. The average molecular weight is 367 g/mol. The van der Waals surface area contributed by atoms with Crippen molar-refractivity contribution in [3.05, 3.63) is 45.4 Å². The second kappa shape index (κ2) is 7.11. The van der Waals surface area contributed by atoms with E-state index in [1.165, 1.54) is 0 Å². The molecule has 1 aliphatic rings. The molecule has 2 aromatic rings. The molecule has 0 aromatic heterocycles. The van der Waals surface area contributed by atoms with Gasteiger partial charge in [-0.05, 0) is 12.1 Å². The van der Waals surface area contributed by atoms with Crippen LogP contribution in [0.5, 0.6) is 23.0 Å². The van der Waals surface area contributed by atoms with Gasteiger partial charge in [-0.1, -0.05) is 23.2 Å². The number of ether oxygens (including phenoxy) is 3. The van der Waals surface area contributed by atoms with E-state index in [0.29, 0.717) is 52.0 Å². The van der Waals surface area contributed by atoms with E-state index in [2.05, 4.69) is 0 Å². The molecule has 0 spiro atoms. The van der Waals surface area contributed by atoms with Crippen molar-refractivity contribution >= 4 is 35.8 Å². The lowest BCUT2D eigenvalue weighted by molar-refractivity contribution is -0.110. The molecule has 0 aliphatic carbocycles. The Morgan fingerprint density at radius 2 is 1.33 bits per heavy atom. The van der Waals surface area contributed by atoms with Crippen molar-refractivity contribution < 1.29 is 23.8 Å². The quantitative estimate of drug-likeness (QED) is 0.620. The summed E-state index contributed by atoms with van der Waals surface area (Å²) < 4.78 is 16.4. The molecule has 7 heteroatoms. The number of carbonyl (C=O) groups excluding carboxylic acids is 2. The van der Waals surface area contributed by atoms with Crippen LogP contribution in [-0.4, -0.2) is 25.8 Å². The van der Waals surface area contributed by atoms with Gasteiger partial charge in [0.1, 0.15) is 36.2 Å². The number of benzene rings is 2.